The van der Waals surface area contributed by atoms with Crippen LogP contribution in [0.2, 0.25) is 0 Å². The van der Waals surface area contributed by atoms with Crippen molar-refractivity contribution in [1.82, 2.24) is 0 Å². The van der Waals surface area contributed by atoms with Crippen LogP contribution in [-0.2, 0) is 28.6 Å². The quantitative estimate of drug-likeness (QED) is 0.0262. The Morgan fingerprint density at radius 2 is 0.574 bits per heavy atom. The lowest BCUT2D eigenvalue weighted by molar-refractivity contribution is -0.167. The molecule has 0 aromatic rings. The Labute approximate surface area is 419 Å². The van der Waals surface area contributed by atoms with Gasteiger partial charge in [0, 0.05) is 19.3 Å². The van der Waals surface area contributed by atoms with Gasteiger partial charge in [0.1, 0.15) is 13.2 Å². The monoisotopic (exact) mass is 945 g/mol. The number of hydrogen-bond acceptors (Lipinski definition) is 6. The van der Waals surface area contributed by atoms with Crippen LogP contribution in [0.25, 0.3) is 0 Å². The summed E-state index contributed by atoms with van der Waals surface area (Å²) in [4.78, 5) is 38.0. The highest BCUT2D eigenvalue weighted by Gasteiger charge is 2.19. The molecule has 0 rings (SSSR count). The highest BCUT2D eigenvalue weighted by Crippen LogP contribution is 2.14. The van der Waals surface area contributed by atoms with Crippen molar-refractivity contribution >= 4 is 17.9 Å². The van der Waals surface area contributed by atoms with Gasteiger partial charge in [0.15, 0.2) is 6.10 Å². The molecule has 0 aliphatic carbocycles. The molecule has 0 aromatic heterocycles. The molecule has 6 heteroatoms. The van der Waals surface area contributed by atoms with E-state index in [1.165, 1.54) is 83.5 Å². The smallest absolute Gasteiger partial charge is 0.306 e. The number of rotatable bonds is 50. The maximum Gasteiger partial charge on any atom is 0.306 e. The average Bonchev–Trinajstić information content (AvgIpc) is 3.34. The number of ether oxygens (including phenoxy) is 3. The Hall–Kier alpha value is -3.67. The summed E-state index contributed by atoms with van der Waals surface area (Å²) in [6.07, 6.45) is 74.0. The van der Waals surface area contributed by atoms with Crippen molar-refractivity contribution in [2.45, 2.75) is 264 Å². The fraction of sp³-hybridized carbons (Fsp3) is 0.694. The summed E-state index contributed by atoms with van der Waals surface area (Å²) < 4.78 is 16.8. The molecule has 0 amide bonds. The predicted octanol–water partition coefficient (Wildman–Crippen LogP) is 18.9. The number of hydrogen-bond donors (Lipinski definition) is 0. The summed E-state index contributed by atoms with van der Waals surface area (Å²) in [5.74, 6) is -0.916. The minimum Gasteiger partial charge on any atom is -0.462 e. The summed E-state index contributed by atoms with van der Waals surface area (Å²) in [7, 11) is 0. The molecule has 1 atom stereocenters. The highest BCUT2D eigenvalue weighted by atomic mass is 16.6. The van der Waals surface area contributed by atoms with Crippen molar-refractivity contribution in [2.24, 2.45) is 0 Å². The summed E-state index contributed by atoms with van der Waals surface area (Å²) in [5.41, 5.74) is 0. The topological polar surface area (TPSA) is 78.9 Å². The SMILES string of the molecule is CC/C=C\C/C=C\C/C=C\C/C=C\C/C=C\C/C=C\C/C=C\CCCCCCCC(=O)OCC(COC(=O)CCCCCCCCCCC)OC(=O)CCCCCCC/C=C\CCCCCCC. The fourth-order valence-electron chi connectivity index (χ4n) is 7.59. The Balaban J connectivity index is 4.30. The van der Waals surface area contributed by atoms with E-state index in [-0.39, 0.29) is 31.1 Å². The third-order valence-corrected chi connectivity index (χ3v) is 11.8. The maximum atomic E-state index is 12.8. The molecule has 0 aromatic carbocycles. The van der Waals surface area contributed by atoms with E-state index in [0.29, 0.717) is 19.3 Å². The second kappa shape index (κ2) is 55.9. The van der Waals surface area contributed by atoms with Gasteiger partial charge >= 0.3 is 17.9 Å². The van der Waals surface area contributed by atoms with Gasteiger partial charge in [-0.1, -0.05) is 234 Å². The van der Waals surface area contributed by atoms with Crippen LogP contribution in [-0.4, -0.2) is 37.2 Å². The second-order valence-electron chi connectivity index (χ2n) is 18.5. The minimum atomic E-state index is -0.788. The number of carbonyl (C=O) groups excluding carboxylic acids is 3. The van der Waals surface area contributed by atoms with E-state index in [0.717, 1.165) is 135 Å². The van der Waals surface area contributed by atoms with Gasteiger partial charge in [-0.2, -0.15) is 0 Å². The van der Waals surface area contributed by atoms with Crippen LogP contribution in [0.4, 0.5) is 0 Å². The van der Waals surface area contributed by atoms with E-state index >= 15 is 0 Å². The van der Waals surface area contributed by atoms with Gasteiger partial charge in [0.05, 0.1) is 0 Å². The van der Waals surface area contributed by atoms with Crippen molar-refractivity contribution in [3.05, 3.63) is 97.2 Å². The van der Waals surface area contributed by atoms with E-state index in [1.54, 1.807) is 0 Å². The third kappa shape index (κ3) is 53.3. The molecule has 0 fully saturated rings. The summed E-state index contributed by atoms with van der Waals surface area (Å²) in [5, 5.41) is 0. The molecule has 68 heavy (non-hydrogen) atoms. The lowest BCUT2D eigenvalue weighted by Crippen LogP contribution is -2.30. The molecule has 0 radical (unpaired) electrons. The number of allylic oxidation sites excluding steroid dienone is 16. The van der Waals surface area contributed by atoms with Gasteiger partial charge < -0.3 is 14.2 Å². The average molecular weight is 946 g/mol. The number of carbonyl (C=O) groups is 3. The zero-order valence-electron chi connectivity index (χ0n) is 44.3. The third-order valence-electron chi connectivity index (χ3n) is 11.8. The summed E-state index contributed by atoms with van der Waals surface area (Å²) >= 11 is 0. The van der Waals surface area contributed by atoms with Gasteiger partial charge in [-0.05, 0) is 103 Å². The van der Waals surface area contributed by atoms with E-state index < -0.39 is 6.10 Å². The van der Waals surface area contributed by atoms with E-state index in [1.807, 2.05) is 0 Å². The van der Waals surface area contributed by atoms with Crippen LogP contribution in [0.1, 0.15) is 258 Å². The van der Waals surface area contributed by atoms with Crippen LogP contribution < -0.4 is 0 Å². The molecule has 1 unspecified atom stereocenters. The van der Waals surface area contributed by atoms with Gasteiger partial charge in [-0.15, -0.1) is 0 Å². The largest absolute Gasteiger partial charge is 0.462 e. The molecule has 0 aliphatic rings. The minimum absolute atomic E-state index is 0.0859. The first-order valence-electron chi connectivity index (χ1n) is 28.2. The van der Waals surface area contributed by atoms with Crippen molar-refractivity contribution in [1.29, 1.82) is 0 Å². The molecular weight excluding hydrogens is 841 g/mol. The lowest BCUT2D eigenvalue weighted by Gasteiger charge is -2.18. The highest BCUT2D eigenvalue weighted by molar-refractivity contribution is 5.71. The molecule has 388 valence electrons. The normalized spacial score (nSPS) is 12.8. The van der Waals surface area contributed by atoms with Crippen molar-refractivity contribution in [3.63, 3.8) is 0 Å². The Morgan fingerprint density at radius 3 is 0.912 bits per heavy atom. The number of esters is 3. The molecule has 0 saturated heterocycles. The second-order valence-corrected chi connectivity index (χ2v) is 18.5. The number of unbranched alkanes of at least 4 members (excludes halogenated alkanes) is 23. The standard InChI is InChI=1S/C62H104O6/c1-4-7-10-13-16-19-21-23-25-26-27-28-29-30-31-32-33-34-35-36-37-39-40-43-46-49-52-55-61(64)67-58-59(57-66-60(63)54-51-48-45-42-18-15-12-9-6-3)68-62(65)56-53-50-47-44-41-38-24-22-20-17-14-11-8-5-2/h7,10,16,19,22-25,27-28,30-31,33-34,36-37,59H,4-6,8-9,11-15,17-18,20-21,26,29,32,35,38-58H2,1-3H3/b10-7-,19-16-,24-22-,25-23-,28-27-,31-30-,34-33-,37-36-. The van der Waals surface area contributed by atoms with E-state index in [4.69, 9.17) is 14.2 Å². The maximum absolute atomic E-state index is 12.8. The zero-order chi connectivity index (χ0) is 49.3. The zero-order valence-corrected chi connectivity index (χ0v) is 44.3. The van der Waals surface area contributed by atoms with Crippen molar-refractivity contribution in [2.75, 3.05) is 13.2 Å². The van der Waals surface area contributed by atoms with E-state index in [9.17, 15) is 14.4 Å². The summed E-state index contributed by atoms with van der Waals surface area (Å²) in [6, 6.07) is 0. The van der Waals surface area contributed by atoms with Crippen LogP contribution >= 0.6 is 0 Å². The first-order valence-corrected chi connectivity index (χ1v) is 28.2. The molecule has 0 N–H and O–H groups in total. The van der Waals surface area contributed by atoms with Crippen LogP contribution in [0.5, 0.6) is 0 Å². The van der Waals surface area contributed by atoms with Crippen LogP contribution in [0, 0.1) is 0 Å². The van der Waals surface area contributed by atoms with Crippen molar-refractivity contribution in [3.8, 4) is 0 Å². The molecule has 0 bridgehead atoms. The van der Waals surface area contributed by atoms with Gasteiger partial charge in [-0.3, -0.25) is 14.4 Å². The fourth-order valence-corrected chi connectivity index (χ4v) is 7.59. The van der Waals surface area contributed by atoms with Crippen LogP contribution in [0.15, 0.2) is 97.2 Å². The molecule has 0 heterocycles. The van der Waals surface area contributed by atoms with Crippen molar-refractivity contribution < 1.29 is 28.6 Å². The Morgan fingerprint density at radius 1 is 0.309 bits per heavy atom. The lowest BCUT2D eigenvalue weighted by atomic mass is 10.1. The first kappa shape index (κ1) is 64.3. The van der Waals surface area contributed by atoms with E-state index in [2.05, 4.69) is 118 Å². The van der Waals surface area contributed by atoms with Crippen LogP contribution in [0.3, 0.4) is 0 Å². The molecule has 0 spiro atoms. The van der Waals surface area contributed by atoms with Gasteiger partial charge in [0.25, 0.3) is 0 Å². The van der Waals surface area contributed by atoms with Gasteiger partial charge in [-0.25, -0.2) is 0 Å². The predicted molar refractivity (Wildman–Crippen MR) is 293 cm³/mol. The van der Waals surface area contributed by atoms with Gasteiger partial charge in [0.2, 0.25) is 0 Å². The molecular formula is C62H104O6. The molecule has 0 aliphatic heterocycles. The molecule has 0 saturated carbocycles. The first-order chi connectivity index (χ1) is 33.5. The Kier molecular flexibility index (Phi) is 52.9. The Bertz CT molecular complexity index is 1360. The molecule has 6 nitrogen and oxygen atoms in total. The summed E-state index contributed by atoms with van der Waals surface area (Å²) in [6.45, 7) is 6.47.